The van der Waals surface area contributed by atoms with E-state index in [0.717, 1.165) is 19.5 Å². The van der Waals surface area contributed by atoms with Gasteiger partial charge < -0.3 is 10.6 Å². The topological polar surface area (TPSA) is 88.3 Å². The first-order valence-corrected chi connectivity index (χ1v) is 8.80. The molecule has 0 bridgehead atoms. The Hall–Kier alpha value is -1.02. The number of hydrogen-bond acceptors (Lipinski definition) is 5. The van der Waals surface area contributed by atoms with Gasteiger partial charge in [-0.2, -0.15) is 0 Å². The van der Waals surface area contributed by atoms with Gasteiger partial charge in [-0.3, -0.25) is 4.98 Å². The zero-order valence-corrected chi connectivity index (χ0v) is 13.4. The zero-order valence-electron chi connectivity index (χ0n) is 12.6. The quantitative estimate of drug-likeness (QED) is 0.801. The van der Waals surface area contributed by atoms with E-state index in [-0.39, 0.29) is 11.4 Å². The van der Waals surface area contributed by atoms with Gasteiger partial charge >= 0.3 is 0 Å². The van der Waals surface area contributed by atoms with E-state index in [9.17, 15) is 8.42 Å². The largest absolute Gasteiger partial charge is 0.325 e. The lowest BCUT2D eigenvalue weighted by Gasteiger charge is -2.20. The Kier molecular flexibility index (Phi) is 5.32. The Morgan fingerprint density at radius 3 is 2.90 bits per heavy atom. The van der Waals surface area contributed by atoms with E-state index in [4.69, 9.17) is 5.73 Å². The predicted molar refractivity (Wildman–Crippen MR) is 82.1 cm³/mol. The highest BCUT2D eigenvalue weighted by Crippen LogP contribution is 2.19. The highest BCUT2D eigenvalue weighted by molar-refractivity contribution is 7.89. The third-order valence-electron chi connectivity index (χ3n) is 3.94. The van der Waals surface area contributed by atoms with Crippen molar-refractivity contribution in [3.63, 3.8) is 0 Å². The second kappa shape index (κ2) is 6.83. The Morgan fingerprint density at radius 1 is 1.52 bits per heavy atom. The smallest absolute Gasteiger partial charge is 0.242 e. The summed E-state index contributed by atoms with van der Waals surface area (Å²) in [6, 6.07) is 3.67. The zero-order chi connectivity index (χ0) is 15.5. The molecule has 1 aromatic heterocycles. The van der Waals surface area contributed by atoms with Crippen LogP contribution in [-0.2, 0) is 16.6 Å². The molecule has 21 heavy (non-hydrogen) atoms. The molecule has 1 saturated heterocycles. The second-order valence-electron chi connectivity index (χ2n) is 5.75. The van der Waals surface area contributed by atoms with E-state index in [0.29, 0.717) is 24.2 Å². The number of nitrogens with zero attached hydrogens (tertiary/aromatic N) is 2. The molecule has 2 rings (SSSR count). The average molecular weight is 312 g/mol. The molecule has 3 N–H and O–H groups in total. The third-order valence-corrected chi connectivity index (χ3v) is 5.44. The third kappa shape index (κ3) is 4.00. The molecule has 1 fully saturated rings. The molecular formula is C14H24N4O2S. The molecule has 1 aliphatic heterocycles. The lowest BCUT2D eigenvalue weighted by atomic mass is 10.1. The molecule has 0 aromatic carbocycles. The van der Waals surface area contributed by atoms with Gasteiger partial charge in [0, 0.05) is 31.9 Å². The summed E-state index contributed by atoms with van der Waals surface area (Å²) >= 11 is 0. The number of pyridine rings is 1. The molecule has 6 nitrogen and oxygen atoms in total. The van der Waals surface area contributed by atoms with Crippen LogP contribution in [0.2, 0.25) is 0 Å². The van der Waals surface area contributed by atoms with Crippen LogP contribution >= 0.6 is 0 Å². The van der Waals surface area contributed by atoms with Gasteiger partial charge in [0.2, 0.25) is 10.0 Å². The number of sulfonamides is 1. The predicted octanol–water partition coefficient (Wildman–Crippen LogP) is 0.549. The van der Waals surface area contributed by atoms with Crippen LogP contribution in [0.4, 0.5) is 0 Å². The molecule has 7 heteroatoms. The number of rotatable bonds is 6. The number of likely N-dealkylation sites (tertiary alicyclic amines) is 1. The van der Waals surface area contributed by atoms with Crippen LogP contribution in [0.15, 0.2) is 23.2 Å². The van der Waals surface area contributed by atoms with Gasteiger partial charge in [0.15, 0.2) is 0 Å². The maximum absolute atomic E-state index is 12.4. The van der Waals surface area contributed by atoms with Gasteiger partial charge in [0.05, 0.1) is 5.69 Å². The summed E-state index contributed by atoms with van der Waals surface area (Å²) < 4.78 is 27.4. The highest BCUT2D eigenvalue weighted by atomic mass is 32.2. The van der Waals surface area contributed by atoms with Crippen LogP contribution in [0.5, 0.6) is 0 Å². The fourth-order valence-electron chi connectivity index (χ4n) is 2.62. The van der Waals surface area contributed by atoms with Crippen molar-refractivity contribution in [3.05, 3.63) is 24.0 Å². The lowest BCUT2D eigenvalue weighted by Crippen LogP contribution is -2.33. The van der Waals surface area contributed by atoms with E-state index in [1.807, 2.05) is 0 Å². The molecule has 0 radical (unpaired) electrons. The van der Waals surface area contributed by atoms with Crippen molar-refractivity contribution < 1.29 is 8.42 Å². The minimum absolute atomic E-state index is 0.113. The van der Waals surface area contributed by atoms with E-state index in [1.165, 1.54) is 0 Å². The van der Waals surface area contributed by atoms with Crippen LogP contribution in [0.25, 0.3) is 0 Å². The second-order valence-corrected chi connectivity index (χ2v) is 7.48. The van der Waals surface area contributed by atoms with Crippen molar-refractivity contribution in [2.75, 3.05) is 19.6 Å². The number of nitrogens with two attached hydrogens (primary N) is 1. The van der Waals surface area contributed by atoms with Crippen molar-refractivity contribution in [1.82, 2.24) is 14.6 Å². The number of aromatic nitrogens is 1. The SMILES string of the molecule is CC(C)N1CCC(CNS(=O)(=O)c2cccnc2CN)C1. The molecule has 2 heterocycles. The van der Waals surface area contributed by atoms with Gasteiger partial charge in [-0.05, 0) is 44.9 Å². The Bertz CT molecular complexity index is 574. The summed E-state index contributed by atoms with van der Waals surface area (Å²) in [6.45, 7) is 6.87. The van der Waals surface area contributed by atoms with Gasteiger partial charge in [0.1, 0.15) is 4.90 Å². The number of hydrogen-bond donors (Lipinski definition) is 2. The molecule has 0 amide bonds. The van der Waals surface area contributed by atoms with Crippen LogP contribution in [0.3, 0.4) is 0 Å². The number of nitrogens with one attached hydrogen (secondary N) is 1. The van der Waals surface area contributed by atoms with Crippen molar-refractivity contribution in [1.29, 1.82) is 0 Å². The summed E-state index contributed by atoms with van der Waals surface area (Å²) in [5.74, 6) is 0.361. The van der Waals surface area contributed by atoms with E-state index < -0.39 is 10.0 Å². The van der Waals surface area contributed by atoms with Crippen LogP contribution < -0.4 is 10.5 Å². The summed E-state index contributed by atoms with van der Waals surface area (Å²) in [5.41, 5.74) is 5.96. The molecule has 1 aromatic rings. The standard InChI is InChI=1S/C14H24N4O2S/c1-11(2)18-7-5-12(10-18)9-17-21(19,20)14-4-3-6-16-13(14)8-15/h3-4,6,11-12,17H,5,7-10,15H2,1-2H3. The average Bonchev–Trinajstić information content (AvgIpc) is 2.94. The van der Waals surface area contributed by atoms with Crippen LogP contribution in [-0.4, -0.2) is 44.0 Å². The van der Waals surface area contributed by atoms with Crippen molar-refractivity contribution in [2.24, 2.45) is 11.7 Å². The van der Waals surface area contributed by atoms with Gasteiger partial charge in [0.25, 0.3) is 0 Å². The van der Waals surface area contributed by atoms with E-state index in [2.05, 4.69) is 28.5 Å². The van der Waals surface area contributed by atoms with Crippen LogP contribution in [0, 0.1) is 5.92 Å². The summed E-state index contributed by atoms with van der Waals surface area (Å²) in [6.07, 6.45) is 2.58. The molecule has 0 aliphatic carbocycles. The maximum atomic E-state index is 12.4. The molecule has 1 aliphatic rings. The fraction of sp³-hybridized carbons (Fsp3) is 0.643. The fourth-order valence-corrected chi connectivity index (χ4v) is 3.94. The van der Waals surface area contributed by atoms with Crippen molar-refractivity contribution in [3.8, 4) is 0 Å². The van der Waals surface area contributed by atoms with Crippen LogP contribution in [0.1, 0.15) is 26.0 Å². The van der Waals surface area contributed by atoms with Gasteiger partial charge in [-0.1, -0.05) is 0 Å². The molecule has 0 saturated carbocycles. The molecule has 118 valence electrons. The summed E-state index contributed by atoms with van der Waals surface area (Å²) in [5, 5.41) is 0. The minimum Gasteiger partial charge on any atom is -0.325 e. The Balaban J connectivity index is 1.99. The normalized spacial score (nSPS) is 20.3. The summed E-state index contributed by atoms with van der Waals surface area (Å²) in [4.78, 5) is 6.58. The Morgan fingerprint density at radius 2 is 2.29 bits per heavy atom. The minimum atomic E-state index is -3.54. The van der Waals surface area contributed by atoms with Crippen molar-refractivity contribution >= 4 is 10.0 Å². The first-order valence-electron chi connectivity index (χ1n) is 7.31. The molecular weight excluding hydrogens is 288 g/mol. The Labute approximate surface area is 126 Å². The van der Waals surface area contributed by atoms with E-state index >= 15 is 0 Å². The molecule has 0 spiro atoms. The molecule has 1 unspecified atom stereocenters. The van der Waals surface area contributed by atoms with E-state index in [1.54, 1.807) is 18.3 Å². The molecule has 1 atom stereocenters. The maximum Gasteiger partial charge on any atom is 0.242 e. The first-order chi connectivity index (χ1) is 9.94. The summed E-state index contributed by atoms with van der Waals surface area (Å²) in [7, 11) is -3.54. The highest BCUT2D eigenvalue weighted by Gasteiger charge is 2.26. The van der Waals surface area contributed by atoms with Gasteiger partial charge in [-0.25, -0.2) is 13.1 Å². The lowest BCUT2D eigenvalue weighted by molar-refractivity contribution is 0.265. The van der Waals surface area contributed by atoms with Crippen molar-refractivity contribution in [2.45, 2.75) is 37.8 Å². The van der Waals surface area contributed by atoms with Gasteiger partial charge in [-0.15, -0.1) is 0 Å². The first kappa shape index (κ1) is 16.4. The monoisotopic (exact) mass is 312 g/mol.